The molecule has 0 aromatic carbocycles. The Bertz CT molecular complexity index is 183. The minimum Gasteiger partial charge on any atom is -0.479 e. The SMILES string of the molecule is O=C(O)C(OO)C(=O)C1OO1. The summed E-state index contributed by atoms with van der Waals surface area (Å²) in [6.45, 7) is 0. The van der Waals surface area contributed by atoms with Crippen LogP contribution < -0.4 is 0 Å². The molecular weight excluding hydrogens is 160 g/mol. The van der Waals surface area contributed by atoms with Gasteiger partial charge in [-0.3, -0.25) is 10.1 Å². The lowest BCUT2D eigenvalue weighted by molar-refractivity contribution is -0.270. The average molecular weight is 164 g/mol. The number of Topliss-reactive ketones (excluding diaryl/α,β-unsaturated/α-hetero) is 1. The zero-order valence-corrected chi connectivity index (χ0v) is 5.09. The quantitative estimate of drug-likeness (QED) is 0.232. The maximum atomic E-state index is 10.7. The summed E-state index contributed by atoms with van der Waals surface area (Å²) >= 11 is 0. The van der Waals surface area contributed by atoms with E-state index in [1.807, 2.05) is 0 Å². The lowest BCUT2D eigenvalue weighted by Gasteiger charge is -2.01. The Balaban J connectivity index is 2.52. The number of aliphatic carboxylic acids is 1. The molecule has 1 aliphatic rings. The predicted molar refractivity (Wildman–Crippen MR) is 26.1 cm³/mol. The molecule has 0 aromatic heterocycles. The fraction of sp³-hybridized carbons (Fsp3) is 0.500. The molecule has 0 radical (unpaired) electrons. The second kappa shape index (κ2) is 2.93. The fourth-order valence-electron chi connectivity index (χ4n) is 0.465. The topological polar surface area (TPSA) is 109 Å². The molecule has 1 heterocycles. The highest BCUT2D eigenvalue weighted by atomic mass is 17.4. The Morgan fingerprint density at radius 1 is 1.45 bits per heavy atom. The van der Waals surface area contributed by atoms with Gasteiger partial charge in [0.25, 0.3) is 12.4 Å². The van der Waals surface area contributed by atoms with E-state index in [4.69, 9.17) is 10.4 Å². The lowest BCUT2D eigenvalue weighted by Crippen LogP contribution is -2.34. The van der Waals surface area contributed by atoms with Gasteiger partial charge in [0, 0.05) is 0 Å². The number of carbonyl (C=O) groups is 2. The number of carbonyl (C=O) groups excluding carboxylic acids is 1. The number of carboxylic acids is 1. The smallest absolute Gasteiger partial charge is 0.344 e. The van der Waals surface area contributed by atoms with Gasteiger partial charge in [0.1, 0.15) is 0 Å². The van der Waals surface area contributed by atoms with Crippen molar-refractivity contribution in [3.05, 3.63) is 0 Å². The summed E-state index contributed by atoms with van der Waals surface area (Å²) in [7, 11) is 0. The van der Waals surface area contributed by atoms with Crippen LogP contribution in [-0.2, 0) is 24.3 Å². The van der Waals surface area contributed by atoms with Gasteiger partial charge in [-0.2, -0.15) is 9.78 Å². The van der Waals surface area contributed by atoms with Crippen molar-refractivity contribution in [3.63, 3.8) is 0 Å². The van der Waals surface area contributed by atoms with Gasteiger partial charge in [-0.1, -0.05) is 0 Å². The van der Waals surface area contributed by atoms with Crippen LogP contribution in [0, 0.1) is 0 Å². The summed E-state index contributed by atoms with van der Waals surface area (Å²) in [5.74, 6) is -2.59. The standard InChI is InChI=1S/C4H4O7/c5-1(4-10-11-4)2(9-8)3(6)7/h2,4,8H,(H,6,7). The summed E-state index contributed by atoms with van der Waals surface area (Å²) in [6.07, 6.45) is -3.16. The van der Waals surface area contributed by atoms with E-state index in [0.29, 0.717) is 0 Å². The van der Waals surface area contributed by atoms with E-state index in [1.165, 1.54) is 0 Å². The number of hydrogen-bond acceptors (Lipinski definition) is 6. The molecule has 1 aliphatic heterocycles. The minimum absolute atomic E-state index is 0.986. The first kappa shape index (κ1) is 8.08. The zero-order chi connectivity index (χ0) is 8.43. The van der Waals surface area contributed by atoms with Crippen molar-refractivity contribution in [1.29, 1.82) is 0 Å². The monoisotopic (exact) mass is 164 g/mol. The molecule has 0 aromatic rings. The molecule has 1 saturated heterocycles. The summed E-state index contributed by atoms with van der Waals surface area (Å²) in [4.78, 5) is 32.1. The van der Waals surface area contributed by atoms with Crippen LogP contribution in [0.25, 0.3) is 0 Å². The Hall–Kier alpha value is -1.02. The Labute approximate surface area is 59.9 Å². The van der Waals surface area contributed by atoms with Crippen molar-refractivity contribution in [2.24, 2.45) is 0 Å². The molecular formula is C4H4O7. The number of ketones is 1. The van der Waals surface area contributed by atoms with Gasteiger partial charge in [-0.05, 0) is 0 Å². The Morgan fingerprint density at radius 3 is 2.27 bits per heavy atom. The summed E-state index contributed by atoms with van der Waals surface area (Å²) in [5, 5.41) is 16.1. The molecule has 7 heteroatoms. The van der Waals surface area contributed by atoms with E-state index >= 15 is 0 Å². The van der Waals surface area contributed by atoms with Crippen LogP contribution in [-0.4, -0.2) is 34.5 Å². The van der Waals surface area contributed by atoms with Crippen molar-refractivity contribution in [2.45, 2.75) is 12.4 Å². The van der Waals surface area contributed by atoms with E-state index < -0.39 is 24.1 Å². The maximum Gasteiger partial charge on any atom is 0.344 e. The van der Waals surface area contributed by atoms with Crippen molar-refractivity contribution in [2.75, 3.05) is 0 Å². The first-order valence-corrected chi connectivity index (χ1v) is 2.55. The van der Waals surface area contributed by atoms with E-state index in [9.17, 15) is 9.59 Å². The first-order valence-electron chi connectivity index (χ1n) is 2.55. The Morgan fingerprint density at radius 2 is 2.00 bits per heavy atom. The van der Waals surface area contributed by atoms with E-state index in [-0.39, 0.29) is 0 Å². The third-order valence-electron chi connectivity index (χ3n) is 1.01. The van der Waals surface area contributed by atoms with Gasteiger partial charge in [-0.15, -0.1) is 0 Å². The van der Waals surface area contributed by atoms with Crippen LogP contribution in [0.15, 0.2) is 0 Å². The van der Waals surface area contributed by atoms with Crippen molar-refractivity contribution in [3.8, 4) is 0 Å². The Kier molecular flexibility index (Phi) is 2.15. The molecule has 0 bridgehead atoms. The first-order chi connectivity index (χ1) is 5.16. The molecule has 2 N–H and O–H groups in total. The highest BCUT2D eigenvalue weighted by Gasteiger charge is 2.44. The van der Waals surface area contributed by atoms with Gasteiger partial charge in [-0.25, -0.2) is 9.68 Å². The maximum absolute atomic E-state index is 10.7. The summed E-state index contributed by atoms with van der Waals surface area (Å²) < 4.78 is 0. The van der Waals surface area contributed by atoms with Crippen LogP contribution >= 0.6 is 0 Å². The minimum atomic E-state index is -1.94. The molecule has 1 fully saturated rings. The van der Waals surface area contributed by atoms with E-state index in [2.05, 4.69) is 14.7 Å². The van der Waals surface area contributed by atoms with Gasteiger partial charge >= 0.3 is 5.97 Å². The van der Waals surface area contributed by atoms with Gasteiger partial charge < -0.3 is 5.11 Å². The lowest BCUT2D eigenvalue weighted by atomic mass is 10.2. The fourth-order valence-corrected chi connectivity index (χ4v) is 0.465. The van der Waals surface area contributed by atoms with E-state index in [0.717, 1.165) is 0 Å². The molecule has 1 rings (SSSR count). The van der Waals surface area contributed by atoms with Crippen LogP contribution in [0.3, 0.4) is 0 Å². The number of carboxylic acid groups (broad SMARTS) is 1. The van der Waals surface area contributed by atoms with Gasteiger partial charge in [0.15, 0.2) is 0 Å². The summed E-state index contributed by atoms with van der Waals surface area (Å²) in [5.41, 5.74) is 0. The molecule has 0 aliphatic carbocycles. The zero-order valence-electron chi connectivity index (χ0n) is 5.09. The predicted octanol–water partition coefficient (Wildman–Crippen LogP) is -1.21. The molecule has 1 unspecified atom stereocenters. The van der Waals surface area contributed by atoms with Crippen LogP contribution in [0.5, 0.6) is 0 Å². The molecule has 0 amide bonds. The largest absolute Gasteiger partial charge is 0.479 e. The normalized spacial score (nSPS) is 19.4. The third-order valence-corrected chi connectivity index (χ3v) is 1.01. The highest BCUT2D eigenvalue weighted by Crippen LogP contribution is 2.15. The van der Waals surface area contributed by atoms with Crippen molar-refractivity contribution < 1.29 is 34.6 Å². The average Bonchev–Trinajstić information content (AvgIpc) is 2.68. The van der Waals surface area contributed by atoms with Crippen molar-refractivity contribution >= 4 is 11.8 Å². The molecule has 62 valence electrons. The second-order valence-corrected chi connectivity index (χ2v) is 1.75. The van der Waals surface area contributed by atoms with Gasteiger partial charge in [0.05, 0.1) is 0 Å². The second-order valence-electron chi connectivity index (χ2n) is 1.75. The third kappa shape index (κ3) is 1.71. The van der Waals surface area contributed by atoms with Crippen molar-refractivity contribution in [1.82, 2.24) is 0 Å². The van der Waals surface area contributed by atoms with Crippen LogP contribution in [0.4, 0.5) is 0 Å². The highest BCUT2D eigenvalue weighted by molar-refractivity contribution is 6.03. The number of rotatable bonds is 4. The molecule has 1 atom stereocenters. The summed E-state index contributed by atoms with van der Waals surface area (Å²) in [6, 6.07) is 0. The molecule has 0 saturated carbocycles. The van der Waals surface area contributed by atoms with Gasteiger partial charge in [0.2, 0.25) is 5.78 Å². The molecule has 7 nitrogen and oxygen atoms in total. The van der Waals surface area contributed by atoms with E-state index in [1.54, 1.807) is 0 Å². The number of hydrogen-bond donors (Lipinski definition) is 2. The van der Waals surface area contributed by atoms with Crippen LogP contribution in [0.2, 0.25) is 0 Å². The van der Waals surface area contributed by atoms with Crippen LogP contribution in [0.1, 0.15) is 0 Å². The molecule has 11 heavy (non-hydrogen) atoms. The molecule has 0 spiro atoms.